The first-order valence-electron chi connectivity index (χ1n) is 8.39. The van der Waals surface area contributed by atoms with Crippen LogP contribution in [0.25, 0.3) is 27.8 Å². The number of carbonyl (C=O) groups excluding carboxylic acids is 1. The fourth-order valence-corrected chi connectivity index (χ4v) is 3.19. The molecule has 2 aromatic carbocycles. The lowest BCUT2D eigenvalue weighted by atomic mass is 10.0. The molecule has 0 unspecified atom stereocenters. The zero-order valence-electron chi connectivity index (χ0n) is 14.6. The minimum atomic E-state index is -0.974. The number of aromatic amines is 1. The minimum absolute atomic E-state index is 0.325. The van der Waals surface area contributed by atoms with E-state index < -0.39 is 22.8 Å². The monoisotopic (exact) mass is 359 g/mol. The Morgan fingerprint density at radius 3 is 2.19 bits per heavy atom. The molecule has 4 N–H and O–H groups in total. The second-order valence-electron chi connectivity index (χ2n) is 6.40. The third-order valence-corrected chi connectivity index (χ3v) is 4.60. The van der Waals surface area contributed by atoms with Crippen LogP contribution in [0, 0.1) is 6.92 Å². The molecule has 134 valence electrons. The number of primary amides is 1. The molecule has 0 fully saturated rings. The number of fused-ring (bicyclic) bond motifs is 1. The maximum absolute atomic E-state index is 11.9. The Hall–Kier alpha value is -3.80. The Morgan fingerprint density at radius 2 is 1.59 bits per heavy atom. The van der Waals surface area contributed by atoms with Crippen molar-refractivity contribution < 1.29 is 9.90 Å². The summed E-state index contributed by atoms with van der Waals surface area (Å²) in [5.74, 6) is -1.40. The van der Waals surface area contributed by atoms with Crippen molar-refractivity contribution in [3.63, 3.8) is 0 Å². The first kappa shape index (κ1) is 16.7. The molecular formula is C21H17N3O3. The van der Waals surface area contributed by atoms with Gasteiger partial charge in [0.05, 0.1) is 5.52 Å². The molecule has 2 aromatic heterocycles. The average Bonchev–Trinajstić information content (AvgIpc) is 3.06. The van der Waals surface area contributed by atoms with Crippen LogP contribution in [0.15, 0.2) is 65.6 Å². The maximum atomic E-state index is 11.9. The molecule has 0 aliphatic rings. The van der Waals surface area contributed by atoms with Gasteiger partial charge in [0.15, 0.2) is 5.75 Å². The van der Waals surface area contributed by atoms with Crippen molar-refractivity contribution in [2.24, 2.45) is 5.73 Å². The molecule has 0 radical (unpaired) electrons. The summed E-state index contributed by atoms with van der Waals surface area (Å²) in [6, 6.07) is 17.7. The molecule has 0 spiro atoms. The van der Waals surface area contributed by atoms with Crippen LogP contribution >= 0.6 is 0 Å². The van der Waals surface area contributed by atoms with Gasteiger partial charge in [0.1, 0.15) is 11.1 Å². The number of hydrogen-bond donors (Lipinski definition) is 3. The summed E-state index contributed by atoms with van der Waals surface area (Å²) >= 11 is 0. The topological polar surface area (TPSA) is 101 Å². The van der Waals surface area contributed by atoms with Crippen LogP contribution in [0.3, 0.4) is 0 Å². The van der Waals surface area contributed by atoms with E-state index in [-0.39, 0.29) is 0 Å². The van der Waals surface area contributed by atoms with Crippen molar-refractivity contribution in [2.75, 3.05) is 0 Å². The van der Waals surface area contributed by atoms with Crippen molar-refractivity contribution in [3.8, 4) is 22.6 Å². The third kappa shape index (κ3) is 2.77. The number of nitrogens with one attached hydrogen (secondary N) is 1. The number of nitrogens with zero attached hydrogens (tertiary/aromatic N) is 1. The van der Waals surface area contributed by atoms with Gasteiger partial charge in [0, 0.05) is 11.9 Å². The first-order valence-corrected chi connectivity index (χ1v) is 8.39. The Bertz CT molecular complexity index is 1220. The van der Waals surface area contributed by atoms with E-state index in [0.717, 1.165) is 16.8 Å². The summed E-state index contributed by atoms with van der Waals surface area (Å²) in [5.41, 5.74) is 8.96. The van der Waals surface area contributed by atoms with Crippen molar-refractivity contribution in [3.05, 3.63) is 82.3 Å². The van der Waals surface area contributed by atoms with Gasteiger partial charge in [-0.15, -0.1) is 0 Å². The van der Waals surface area contributed by atoms with E-state index in [9.17, 15) is 14.7 Å². The predicted molar refractivity (Wildman–Crippen MR) is 104 cm³/mol. The highest BCUT2D eigenvalue weighted by Crippen LogP contribution is 2.29. The zero-order valence-corrected chi connectivity index (χ0v) is 14.6. The van der Waals surface area contributed by atoms with Gasteiger partial charge >= 0.3 is 0 Å². The van der Waals surface area contributed by atoms with Gasteiger partial charge in [0.2, 0.25) is 0 Å². The van der Waals surface area contributed by atoms with Crippen LogP contribution in [0.2, 0.25) is 0 Å². The highest BCUT2D eigenvalue weighted by Gasteiger charge is 2.19. The number of rotatable bonds is 3. The molecule has 1 amide bonds. The number of aromatic hydroxyl groups is 1. The number of aromatic nitrogens is 2. The smallest absolute Gasteiger partial charge is 0.265 e. The second-order valence-corrected chi connectivity index (χ2v) is 6.40. The number of aryl methyl sites for hydroxylation is 1. The van der Waals surface area contributed by atoms with Crippen LogP contribution in [0.4, 0.5) is 0 Å². The molecule has 0 saturated carbocycles. The highest BCUT2D eigenvalue weighted by atomic mass is 16.3. The van der Waals surface area contributed by atoms with Crippen molar-refractivity contribution in [1.82, 2.24) is 9.55 Å². The highest BCUT2D eigenvalue weighted by molar-refractivity contribution is 6.00. The van der Waals surface area contributed by atoms with Gasteiger partial charge in [-0.1, -0.05) is 42.0 Å². The molecule has 0 saturated heterocycles. The Morgan fingerprint density at radius 1 is 1.00 bits per heavy atom. The van der Waals surface area contributed by atoms with Gasteiger partial charge in [-0.2, -0.15) is 0 Å². The van der Waals surface area contributed by atoms with E-state index in [1.54, 1.807) is 16.8 Å². The molecule has 0 aliphatic carbocycles. The Labute approximate surface area is 154 Å². The Balaban J connectivity index is 1.83. The SMILES string of the molecule is Cc1ccc(-c2ccc(-n3ccc4[nH]c(=O)c(C(N)=O)c(O)c43)cc2)cc1. The van der Waals surface area contributed by atoms with E-state index in [1.807, 2.05) is 31.2 Å². The Kier molecular flexibility index (Phi) is 3.81. The number of carbonyl (C=O) groups is 1. The summed E-state index contributed by atoms with van der Waals surface area (Å²) < 4.78 is 1.70. The number of benzene rings is 2. The van der Waals surface area contributed by atoms with E-state index in [1.165, 1.54) is 5.56 Å². The molecule has 6 heteroatoms. The van der Waals surface area contributed by atoms with Gasteiger partial charge in [-0.3, -0.25) is 9.59 Å². The van der Waals surface area contributed by atoms with E-state index in [4.69, 9.17) is 5.73 Å². The van der Waals surface area contributed by atoms with Gasteiger partial charge in [-0.25, -0.2) is 0 Å². The molecule has 6 nitrogen and oxygen atoms in total. The molecule has 0 aliphatic heterocycles. The lowest BCUT2D eigenvalue weighted by Gasteiger charge is -2.10. The van der Waals surface area contributed by atoms with Crippen LogP contribution in [0.5, 0.6) is 5.75 Å². The minimum Gasteiger partial charge on any atom is -0.505 e. The van der Waals surface area contributed by atoms with E-state index >= 15 is 0 Å². The fourth-order valence-electron chi connectivity index (χ4n) is 3.19. The largest absolute Gasteiger partial charge is 0.505 e. The molecular weight excluding hydrogens is 342 g/mol. The number of hydrogen-bond acceptors (Lipinski definition) is 3. The normalized spacial score (nSPS) is 11.0. The molecule has 4 rings (SSSR count). The van der Waals surface area contributed by atoms with Crippen LogP contribution < -0.4 is 11.3 Å². The van der Waals surface area contributed by atoms with E-state index in [2.05, 4.69) is 29.2 Å². The lowest BCUT2D eigenvalue weighted by Crippen LogP contribution is -2.23. The van der Waals surface area contributed by atoms with Gasteiger partial charge in [-0.05, 0) is 36.2 Å². The molecule has 27 heavy (non-hydrogen) atoms. The summed E-state index contributed by atoms with van der Waals surface area (Å²) in [7, 11) is 0. The summed E-state index contributed by atoms with van der Waals surface area (Å²) in [6.07, 6.45) is 1.71. The predicted octanol–water partition coefficient (Wildman–Crippen LogP) is 3.10. The first-order chi connectivity index (χ1) is 13.0. The van der Waals surface area contributed by atoms with Crippen molar-refractivity contribution in [2.45, 2.75) is 6.92 Å². The number of amides is 1. The van der Waals surface area contributed by atoms with Crippen molar-refractivity contribution in [1.29, 1.82) is 0 Å². The number of nitrogens with two attached hydrogens (primary N) is 1. The van der Waals surface area contributed by atoms with Crippen molar-refractivity contribution >= 4 is 16.9 Å². The zero-order chi connectivity index (χ0) is 19.1. The molecule has 0 atom stereocenters. The van der Waals surface area contributed by atoms with E-state index in [0.29, 0.717) is 11.0 Å². The summed E-state index contributed by atoms with van der Waals surface area (Å²) in [5, 5.41) is 10.4. The average molecular weight is 359 g/mol. The second kappa shape index (κ2) is 6.17. The molecule has 4 aromatic rings. The van der Waals surface area contributed by atoms with Gasteiger partial charge in [0.25, 0.3) is 11.5 Å². The van der Waals surface area contributed by atoms with Crippen LogP contribution in [-0.2, 0) is 0 Å². The number of pyridine rings is 1. The summed E-state index contributed by atoms with van der Waals surface area (Å²) in [6.45, 7) is 2.04. The molecule has 2 heterocycles. The summed E-state index contributed by atoms with van der Waals surface area (Å²) in [4.78, 5) is 26.0. The van der Waals surface area contributed by atoms with Crippen LogP contribution in [0.1, 0.15) is 15.9 Å². The van der Waals surface area contributed by atoms with Gasteiger partial charge < -0.3 is 20.4 Å². The third-order valence-electron chi connectivity index (χ3n) is 4.60. The number of H-pyrrole nitrogens is 1. The van der Waals surface area contributed by atoms with Crippen LogP contribution in [-0.4, -0.2) is 20.6 Å². The standard InChI is InChI=1S/C21H17N3O3/c1-12-2-4-13(5-3-12)14-6-8-15(9-7-14)24-11-10-16-18(24)19(25)17(20(22)26)21(27)23-16/h2-11H,1H3,(H2,22,26)(H2,23,25,27). The quantitative estimate of drug-likeness (QED) is 0.524. The fraction of sp³-hybridized carbons (Fsp3) is 0.0476. The lowest BCUT2D eigenvalue weighted by molar-refractivity contribution is 0.0996. The maximum Gasteiger partial charge on any atom is 0.265 e. The molecule has 0 bridgehead atoms.